The van der Waals surface area contributed by atoms with E-state index in [2.05, 4.69) is 15.5 Å². The second kappa shape index (κ2) is 6.62. The van der Waals surface area contributed by atoms with E-state index in [1.165, 1.54) is 23.1 Å². The summed E-state index contributed by atoms with van der Waals surface area (Å²) >= 11 is 5.74. The van der Waals surface area contributed by atoms with Gasteiger partial charge in [0.1, 0.15) is 12.4 Å². The number of carbonyl (C=O) groups excluding carboxylic acids is 1. The highest BCUT2D eigenvalue weighted by Crippen LogP contribution is 2.11. The molecule has 0 saturated carbocycles. The Kier molecular flexibility index (Phi) is 4.38. The van der Waals surface area contributed by atoms with Gasteiger partial charge in [-0.3, -0.25) is 14.2 Å². The average Bonchev–Trinajstić information content (AvgIpc) is 3.11. The Morgan fingerprint density at radius 1 is 1.17 bits per heavy atom. The van der Waals surface area contributed by atoms with Gasteiger partial charge in [-0.1, -0.05) is 29.8 Å². The minimum atomic E-state index is -0.288. The topological polar surface area (TPSA) is 64.7 Å². The van der Waals surface area contributed by atoms with E-state index in [1.54, 1.807) is 35.3 Å². The lowest BCUT2D eigenvalue weighted by atomic mass is 10.2. The number of nitrogens with zero attached hydrogens (tertiary/aromatic N) is 4. The summed E-state index contributed by atoms with van der Waals surface area (Å²) in [5.74, 6) is -0.542. The zero-order valence-electron chi connectivity index (χ0n) is 12.0. The maximum absolute atomic E-state index is 13.6. The van der Waals surface area contributed by atoms with Crippen LogP contribution in [0, 0.1) is 5.82 Å². The van der Waals surface area contributed by atoms with E-state index < -0.39 is 0 Å². The SMILES string of the molecule is O=C(Cn1cc(Cl)cn1)Nc1cnn(Cc2ccccc2F)c1. The lowest BCUT2D eigenvalue weighted by Crippen LogP contribution is -2.18. The minimum Gasteiger partial charge on any atom is -0.322 e. The van der Waals surface area contributed by atoms with Gasteiger partial charge in [0.2, 0.25) is 5.91 Å². The van der Waals surface area contributed by atoms with E-state index in [0.29, 0.717) is 16.3 Å². The molecule has 0 saturated heterocycles. The number of aromatic nitrogens is 4. The number of benzene rings is 1. The molecule has 0 aliphatic rings. The quantitative estimate of drug-likeness (QED) is 0.780. The van der Waals surface area contributed by atoms with Gasteiger partial charge in [-0.05, 0) is 6.07 Å². The summed E-state index contributed by atoms with van der Waals surface area (Å²) in [6.45, 7) is 0.336. The van der Waals surface area contributed by atoms with E-state index in [4.69, 9.17) is 11.6 Å². The number of hydrogen-bond donors (Lipinski definition) is 1. The maximum Gasteiger partial charge on any atom is 0.246 e. The Morgan fingerprint density at radius 2 is 1.96 bits per heavy atom. The lowest BCUT2D eigenvalue weighted by molar-refractivity contribution is -0.116. The fourth-order valence-corrected chi connectivity index (χ4v) is 2.24. The van der Waals surface area contributed by atoms with E-state index in [9.17, 15) is 9.18 Å². The number of nitrogens with one attached hydrogen (secondary N) is 1. The Bertz CT molecular complexity index is 829. The molecular weight excluding hydrogens is 321 g/mol. The molecule has 0 radical (unpaired) electrons. The minimum absolute atomic E-state index is 0.0468. The molecule has 6 nitrogen and oxygen atoms in total. The Morgan fingerprint density at radius 3 is 2.70 bits per heavy atom. The van der Waals surface area contributed by atoms with E-state index in [0.717, 1.165) is 0 Å². The molecule has 2 heterocycles. The second-order valence-electron chi connectivity index (χ2n) is 4.92. The number of anilines is 1. The molecule has 23 heavy (non-hydrogen) atoms. The number of rotatable bonds is 5. The molecular formula is C15H13ClFN5O. The van der Waals surface area contributed by atoms with Gasteiger partial charge >= 0.3 is 0 Å². The second-order valence-corrected chi connectivity index (χ2v) is 5.36. The van der Waals surface area contributed by atoms with Gasteiger partial charge in [0.05, 0.1) is 29.6 Å². The van der Waals surface area contributed by atoms with Crippen LogP contribution in [0.5, 0.6) is 0 Å². The van der Waals surface area contributed by atoms with E-state index in [1.807, 2.05) is 0 Å². The largest absolute Gasteiger partial charge is 0.322 e. The molecule has 0 unspecified atom stereocenters. The van der Waals surface area contributed by atoms with Gasteiger partial charge in [-0.2, -0.15) is 10.2 Å². The van der Waals surface area contributed by atoms with Crippen molar-refractivity contribution in [3.63, 3.8) is 0 Å². The molecule has 0 spiro atoms. The smallest absolute Gasteiger partial charge is 0.246 e. The molecule has 0 bridgehead atoms. The first-order chi connectivity index (χ1) is 11.1. The van der Waals surface area contributed by atoms with Crippen molar-refractivity contribution in [2.24, 2.45) is 0 Å². The normalized spacial score (nSPS) is 10.7. The molecule has 3 aromatic rings. The van der Waals surface area contributed by atoms with Crippen LogP contribution in [-0.2, 0) is 17.9 Å². The van der Waals surface area contributed by atoms with Crippen molar-refractivity contribution >= 4 is 23.2 Å². The van der Waals surface area contributed by atoms with Crippen LogP contribution in [0.1, 0.15) is 5.56 Å². The van der Waals surface area contributed by atoms with Gasteiger partial charge in [0.15, 0.2) is 0 Å². The first-order valence-corrected chi connectivity index (χ1v) is 7.21. The molecule has 0 atom stereocenters. The van der Waals surface area contributed by atoms with Crippen molar-refractivity contribution in [3.05, 3.63) is 65.5 Å². The van der Waals surface area contributed by atoms with Crippen LogP contribution in [0.25, 0.3) is 0 Å². The third-order valence-corrected chi connectivity index (χ3v) is 3.31. The predicted octanol–water partition coefficient (Wildman–Crippen LogP) is 2.56. The summed E-state index contributed by atoms with van der Waals surface area (Å²) in [6, 6.07) is 6.49. The fourth-order valence-electron chi connectivity index (χ4n) is 2.09. The average molecular weight is 334 g/mol. The van der Waals surface area contributed by atoms with Crippen LogP contribution in [0.15, 0.2) is 49.1 Å². The highest BCUT2D eigenvalue weighted by Gasteiger charge is 2.08. The molecule has 3 rings (SSSR count). The summed E-state index contributed by atoms with van der Waals surface area (Å²) in [7, 11) is 0. The van der Waals surface area contributed by atoms with Gasteiger partial charge in [0, 0.05) is 18.0 Å². The van der Waals surface area contributed by atoms with Crippen molar-refractivity contribution in [1.29, 1.82) is 0 Å². The van der Waals surface area contributed by atoms with Gasteiger partial charge in [0.25, 0.3) is 0 Å². The summed E-state index contributed by atoms with van der Waals surface area (Å²) in [5.41, 5.74) is 1.06. The molecule has 1 N–H and O–H groups in total. The molecule has 2 aromatic heterocycles. The van der Waals surface area contributed by atoms with E-state index >= 15 is 0 Å². The highest BCUT2D eigenvalue weighted by atomic mass is 35.5. The zero-order valence-corrected chi connectivity index (χ0v) is 12.7. The van der Waals surface area contributed by atoms with Crippen molar-refractivity contribution in [2.75, 3.05) is 5.32 Å². The van der Waals surface area contributed by atoms with Crippen LogP contribution in [0.3, 0.4) is 0 Å². The summed E-state index contributed by atoms with van der Waals surface area (Å²) < 4.78 is 16.6. The third-order valence-electron chi connectivity index (χ3n) is 3.11. The van der Waals surface area contributed by atoms with Gasteiger partial charge < -0.3 is 5.32 Å². The summed E-state index contributed by atoms with van der Waals surface area (Å²) in [5, 5.41) is 11.2. The first-order valence-electron chi connectivity index (χ1n) is 6.84. The molecule has 1 amide bonds. The molecule has 0 aliphatic carbocycles. The molecule has 118 valence electrons. The predicted molar refractivity (Wildman–Crippen MR) is 83.6 cm³/mol. The fraction of sp³-hybridized carbons (Fsp3) is 0.133. The van der Waals surface area contributed by atoms with Gasteiger partial charge in [-0.25, -0.2) is 4.39 Å². The van der Waals surface area contributed by atoms with Crippen molar-refractivity contribution in [3.8, 4) is 0 Å². The third kappa shape index (κ3) is 3.95. The zero-order chi connectivity index (χ0) is 16.2. The van der Waals surface area contributed by atoms with Crippen LogP contribution >= 0.6 is 11.6 Å². The van der Waals surface area contributed by atoms with E-state index in [-0.39, 0.29) is 24.8 Å². The number of carbonyl (C=O) groups is 1. The number of amides is 1. The Balaban J connectivity index is 1.61. The first kappa shape index (κ1) is 15.2. The monoisotopic (exact) mass is 333 g/mol. The summed E-state index contributed by atoms with van der Waals surface area (Å²) in [4.78, 5) is 11.9. The van der Waals surface area contributed by atoms with Crippen LogP contribution in [0.4, 0.5) is 10.1 Å². The standard InChI is InChI=1S/C15H13ClFN5O/c16-12-5-18-22(8-12)10-15(23)20-13-6-19-21(9-13)7-11-3-1-2-4-14(11)17/h1-6,8-9H,7,10H2,(H,20,23). The molecule has 8 heteroatoms. The van der Waals surface area contributed by atoms with Crippen LogP contribution < -0.4 is 5.32 Å². The van der Waals surface area contributed by atoms with Gasteiger partial charge in [-0.15, -0.1) is 0 Å². The van der Waals surface area contributed by atoms with Crippen molar-refractivity contribution in [2.45, 2.75) is 13.1 Å². The molecule has 0 aliphatic heterocycles. The highest BCUT2D eigenvalue weighted by molar-refractivity contribution is 6.30. The lowest BCUT2D eigenvalue weighted by Gasteiger charge is -2.03. The number of hydrogen-bond acceptors (Lipinski definition) is 3. The maximum atomic E-state index is 13.6. The Hall–Kier alpha value is -2.67. The van der Waals surface area contributed by atoms with Crippen LogP contribution in [0.2, 0.25) is 5.02 Å². The van der Waals surface area contributed by atoms with Crippen molar-refractivity contribution in [1.82, 2.24) is 19.6 Å². The summed E-state index contributed by atoms with van der Waals surface area (Å²) in [6.07, 6.45) is 6.17. The molecule has 1 aromatic carbocycles. The number of halogens is 2. The van der Waals surface area contributed by atoms with Crippen molar-refractivity contribution < 1.29 is 9.18 Å². The molecule has 0 fully saturated rings. The van der Waals surface area contributed by atoms with Crippen LogP contribution in [-0.4, -0.2) is 25.5 Å². The Labute approximate surface area is 136 Å².